The Labute approximate surface area is 124 Å². The first kappa shape index (κ1) is 15.7. The summed E-state index contributed by atoms with van der Waals surface area (Å²) in [6, 6.07) is 5.14. The van der Waals surface area contributed by atoms with Crippen LogP contribution in [0.25, 0.3) is 0 Å². The van der Waals surface area contributed by atoms with Crippen LogP contribution in [0.3, 0.4) is 0 Å². The molecular weight excluding hydrogens is 301 g/mol. The first-order chi connectivity index (χ1) is 9.55. The number of alkyl halides is 1. The largest absolute Gasteiger partial charge is 0.243 e. The summed E-state index contributed by atoms with van der Waals surface area (Å²) >= 11 is 5.76. The molecule has 112 valence electrons. The van der Waals surface area contributed by atoms with E-state index in [2.05, 4.69) is 0 Å². The summed E-state index contributed by atoms with van der Waals surface area (Å²) in [6.45, 7) is 0.269. The van der Waals surface area contributed by atoms with Crippen molar-refractivity contribution < 1.29 is 12.8 Å². The van der Waals surface area contributed by atoms with E-state index in [1.165, 1.54) is 22.5 Å². The molecule has 1 aromatic rings. The molecular formula is C14H19ClFNO2S. The van der Waals surface area contributed by atoms with Crippen LogP contribution in [0, 0.1) is 5.82 Å². The third kappa shape index (κ3) is 3.51. The van der Waals surface area contributed by atoms with E-state index < -0.39 is 15.8 Å². The molecule has 0 atom stereocenters. The van der Waals surface area contributed by atoms with Gasteiger partial charge in [-0.1, -0.05) is 25.3 Å². The summed E-state index contributed by atoms with van der Waals surface area (Å²) in [5, 5.41) is 0. The zero-order valence-electron chi connectivity index (χ0n) is 11.3. The van der Waals surface area contributed by atoms with Crippen molar-refractivity contribution in [3.63, 3.8) is 0 Å². The third-order valence-electron chi connectivity index (χ3n) is 3.69. The normalized spacial score (nSPS) is 17.6. The number of halogens is 2. The molecule has 0 heterocycles. The second-order valence-electron chi connectivity index (χ2n) is 5.05. The Hall–Kier alpha value is -0.650. The maximum atomic E-state index is 13.3. The van der Waals surface area contributed by atoms with Crippen LogP contribution in [-0.4, -0.2) is 31.2 Å². The van der Waals surface area contributed by atoms with Gasteiger partial charge < -0.3 is 0 Å². The molecule has 0 spiro atoms. The zero-order valence-corrected chi connectivity index (χ0v) is 12.8. The van der Waals surface area contributed by atoms with E-state index in [9.17, 15) is 12.8 Å². The molecule has 2 rings (SSSR count). The van der Waals surface area contributed by atoms with Gasteiger partial charge in [0.05, 0.1) is 4.90 Å². The number of nitrogens with zero attached hydrogens (tertiary/aromatic N) is 1. The highest BCUT2D eigenvalue weighted by atomic mass is 35.5. The lowest BCUT2D eigenvalue weighted by Crippen LogP contribution is -2.42. The molecule has 1 aliphatic rings. The summed E-state index contributed by atoms with van der Waals surface area (Å²) < 4.78 is 40.1. The lowest BCUT2D eigenvalue weighted by molar-refractivity contribution is 0.262. The zero-order chi connectivity index (χ0) is 14.6. The molecule has 6 heteroatoms. The number of rotatable bonds is 5. The second kappa shape index (κ2) is 6.87. The van der Waals surface area contributed by atoms with Gasteiger partial charge in [-0.3, -0.25) is 0 Å². The molecule has 20 heavy (non-hydrogen) atoms. The molecule has 1 aromatic carbocycles. The van der Waals surface area contributed by atoms with Gasteiger partial charge in [0.15, 0.2) is 0 Å². The van der Waals surface area contributed by atoms with Crippen LogP contribution in [0.15, 0.2) is 29.2 Å². The maximum Gasteiger partial charge on any atom is 0.243 e. The monoisotopic (exact) mass is 319 g/mol. The third-order valence-corrected chi connectivity index (χ3v) is 5.81. The Morgan fingerprint density at radius 1 is 1.25 bits per heavy atom. The fourth-order valence-corrected chi connectivity index (χ4v) is 4.71. The van der Waals surface area contributed by atoms with E-state index in [0.29, 0.717) is 0 Å². The fourth-order valence-electron chi connectivity index (χ4n) is 2.71. The summed E-state index contributed by atoms with van der Waals surface area (Å²) in [4.78, 5) is 0.00758. The minimum absolute atomic E-state index is 0.00758. The smallest absolute Gasteiger partial charge is 0.207 e. The first-order valence-corrected chi connectivity index (χ1v) is 8.86. The van der Waals surface area contributed by atoms with Gasteiger partial charge in [0.2, 0.25) is 10.0 Å². The van der Waals surface area contributed by atoms with Gasteiger partial charge in [0, 0.05) is 18.5 Å². The predicted octanol–water partition coefficient (Wildman–Crippen LogP) is 3.39. The first-order valence-electron chi connectivity index (χ1n) is 6.89. The van der Waals surface area contributed by atoms with Crippen LogP contribution in [0.1, 0.15) is 32.1 Å². The van der Waals surface area contributed by atoms with Gasteiger partial charge >= 0.3 is 0 Å². The predicted molar refractivity (Wildman–Crippen MR) is 77.9 cm³/mol. The minimum atomic E-state index is -3.68. The highest BCUT2D eigenvalue weighted by Crippen LogP contribution is 2.28. The molecule has 0 aliphatic heterocycles. The highest BCUT2D eigenvalue weighted by molar-refractivity contribution is 7.89. The summed E-state index contributed by atoms with van der Waals surface area (Å²) in [5.74, 6) is -0.300. The lowest BCUT2D eigenvalue weighted by Gasteiger charge is -2.33. The Kier molecular flexibility index (Phi) is 5.41. The van der Waals surface area contributed by atoms with E-state index in [-0.39, 0.29) is 23.4 Å². The Balaban J connectivity index is 2.31. The highest BCUT2D eigenvalue weighted by Gasteiger charge is 2.31. The molecule has 0 bridgehead atoms. The minimum Gasteiger partial charge on any atom is -0.207 e. The lowest BCUT2D eigenvalue weighted by atomic mass is 9.95. The molecule has 1 saturated carbocycles. The van der Waals surface area contributed by atoms with Crippen LogP contribution in [0.4, 0.5) is 4.39 Å². The van der Waals surface area contributed by atoms with Crippen LogP contribution in [-0.2, 0) is 10.0 Å². The Morgan fingerprint density at radius 3 is 2.55 bits per heavy atom. The van der Waals surface area contributed by atoms with Gasteiger partial charge in [-0.2, -0.15) is 4.31 Å². The summed E-state index contributed by atoms with van der Waals surface area (Å²) in [6.07, 6.45) is 4.91. The Bertz CT molecular complexity index is 544. The van der Waals surface area contributed by atoms with E-state index in [1.807, 2.05) is 0 Å². The van der Waals surface area contributed by atoms with E-state index >= 15 is 0 Å². The average molecular weight is 320 g/mol. The Morgan fingerprint density at radius 2 is 1.95 bits per heavy atom. The molecule has 0 radical (unpaired) electrons. The molecule has 0 aromatic heterocycles. The van der Waals surface area contributed by atoms with E-state index in [1.54, 1.807) is 0 Å². The number of hydrogen-bond acceptors (Lipinski definition) is 2. The summed E-state index contributed by atoms with van der Waals surface area (Å²) in [7, 11) is -3.68. The topological polar surface area (TPSA) is 37.4 Å². The van der Waals surface area contributed by atoms with Crippen LogP contribution in [0.5, 0.6) is 0 Å². The molecule has 0 N–H and O–H groups in total. The van der Waals surface area contributed by atoms with Crippen molar-refractivity contribution in [2.24, 2.45) is 0 Å². The SMILES string of the molecule is O=S(=O)(c1cccc(F)c1)N(CCCl)C1CCCCC1. The van der Waals surface area contributed by atoms with Crippen molar-refractivity contribution in [3.05, 3.63) is 30.1 Å². The molecule has 0 unspecified atom stereocenters. The quantitative estimate of drug-likeness (QED) is 0.780. The summed E-state index contributed by atoms with van der Waals surface area (Å²) in [5.41, 5.74) is 0. The molecule has 1 aliphatic carbocycles. The second-order valence-corrected chi connectivity index (χ2v) is 7.32. The average Bonchev–Trinajstić information content (AvgIpc) is 2.45. The van der Waals surface area contributed by atoms with Crippen molar-refractivity contribution in [1.29, 1.82) is 0 Å². The van der Waals surface area contributed by atoms with Crippen molar-refractivity contribution in [3.8, 4) is 0 Å². The van der Waals surface area contributed by atoms with E-state index in [4.69, 9.17) is 11.6 Å². The van der Waals surface area contributed by atoms with Gasteiger partial charge in [0.25, 0.3) is 0 Å². The fraction of sp³-hybridized carbons (Fsp3) is 0.571. The van der Waals surface area contributed by atoms with Crippen LogP contribution >= 0.6 is 11.6 Å². The molecule has 3 nitrogen and oxygen atoms in total. The molecule has 1 fully saturated rings. The van der Waals surface area contributed by atoms with Gasteiger partial charge in [-0.25, -0.2) is 12.8 Å². The van der Waals surface area contributed by atoms with Gasteiger partial charge in [0.1, 0.15) is 5.82 Å². The maximum absolute atomic E-state index is 13.3. The van der Waals surface area contributed by atoms with Crippen molar-refractivity contribution in [2.45, 2.75) is 43.0 Å². The molecule has 0 amide bonds. The van der Waals surface area contributed by atoms with E-state index in [0.717, 1.165) is 38.2 Å². The van der Waals surface area contributed by atoms with Crippen molar-refractivity contribution >= 4 is 21.6 Å². The van der Waals surface area contributed by atoms with Gasteiger partial charge in [-0.05, 0) is 31.0 Å². The van der Waals surface area contributed by atoms with Crippen LogP contribution < -0.4 is 0 Å². The van der Waals surface area contributed by atoms with Gasteiger partial charge in [-0.15, -0.1) is 11.6 Å². The molecule has 0 saturated heterocycles. The van der Waals surface area contributed by atoms with Crippen LogP contribution in [0.2, 0.25) is 0 Å². The number of hydrogen-bond donors (Lipinski definition) is 0. The number of benzene rings is 1. The van der Waals surface area contributed by atoms with Crippen molar-refractivity contribution in [1.82, 2.24) is 4.31 Å². The standard InChI is InChI=1S/C14H19ClFNO2S/c15-9-10-17(13-6-2-1-3-7-13)20(18,19)14-8-4-5-12(16)11-14/h4-5,8,11,13H,1-3,6-7,9-10H2. The number of sulfonamides is 1. The van der Waals surface area contributed by atoms with Crippen molar-refractivity contribution in [2.75, 3.05) is 12.4 Å².